The van der Waals surface area contributed by atoms with Crippen LogP contribution in [0.25, 0.3) is 16.5 Å². The largest absolute Gasteiger partial charge is 0.493 e. The lowest BCUT2D eigenvalue weighted by Gasteiger charge is -2.10. The molecule has 0 saturated heterocycles. The van der Waals surface area contributed by atoms with Gasteiger partial charge in [-0.25, -0.2) is 0 Å². The Bertz CT molecular complexity index is 1870. The van der Waals surface area contributed by atoms with E-state index in [-0.39, 0.29) is 28.5 Å². The molecule has 11 heteroatoms. The van der Waals surface area contributed by atoms with Gasteiger partial charge in [0.25, 0.3) is 0 Å². The van der Waals surface area contributed by atoms with Gasteiger partial charge in [-0.15, -0.1) is 0 Å². The van der Waals surface area contributed by atoms with E-state index in [9.17, 15) is 24.4 Å². The van der Waals surface area contributed by atoms with Gasteiger partial charge in [-0.3, -0.25) is 19.2 Å². The number of ether oxygens (including phenoxy) is 3. The van der Waals surface area contributed by atoms with E-state index < -0.39 is 23.4 Å². The lowest BCUT2D eigenvalue weighted by molar-refractivity contribution is -0.127. The minimum Gasteiger partial charge on any atom is -0.493 e. The van der Waals surface area contributed by atoms with Gasteiger partial charge in [-0.1, -0.05) is 36.4 Å². The summed E-state index contributed by atoms with van der Waals surface area (Å²) in [5.41, 5.74) is 2.85. The van der Waals surface area contributed by atoms with Crippen LogP contribution in [0.3, 0.4) is 0 Å². The molecule has 3 aromatic carbocycles. The molecule has 1 heterocycles. The van der Waals surface area contributed by atoms with Crippen molar-refractivity contribution in [2.75, 3.05) is 33.2 Å². The number of hydrogen-bond donors (Lipinski definition) is 2. The van der Waals surface area contributed by atoms with Gasteiger partial charge in [0.1, 0.15) is 0 Å². The molecule has 1 aromatic heterocycles. The first-order chi connectivity index (χ1) is 22.1. The third kappa shape index (κ3) is 7.25. The first-order valence-electron chi connectivity index (χ1n) is 14.2. The number of nitrogens with zero attached hydrogens (tertiary/aromatic N) is 1. The fraction of sp³-hybridized carbons (Fsp3) is 0.229. The molecule has 1 atom stereocenters. The number of amides is 2. The summed E-state index contributed by atoms with van der Waals surface area (Å²) in [5.74, 6) is -2.51. The maximum Gasteiger partial charge on any atom is 0.249 e. The van der Waals surface area contributed by atoms with Gasteiger partial charge in [0.15, 0.2) is 40.3 Å². The normalized spacial score (nSPS) is 11.7. The van der Waals surface area contributed by atoms with Gasteiger partial charge in [-0.2, -0.15) is 5.26 Å². The standard InChI is InChI=1S/C35H33N3O8/c1-20(17-30(40)37-16-15-22-9-14-27(43-3)29(18-22)45-5)23-10-12-24(13-11-23)32(41)34-31(38-35(42)26(19-36)21(2)39)25-7-6-8-28(44-4)33(25)46-34/h6-14,17-18,26H,15-16H2,1-5H3,(H,37,40)(H,38,42). The zero-order valence-corrected chi connectivity index (χ0v) is 26.1. The summed E-state index contributed by atoms with van der Waals surface area (Å²) in [5, 5.41) is 15.1. The van der Waals surface area contributed by atoms with Crippen LogP contribution in [-0.4, -0.2) is 51.3 Å². The average molecular weight is 624 g/mol. The van der Waals surface area contributed by atoms with Crippen molar-refractivity contribution in [3.8, 4) is 23.3 Å². The van der Waals surface area contributed by atoms with Crippen molar-refractivity contribution in [1.29, 1.82) is 5.26 Å². The fourth-order valence-electron chi connectivity index (χ4n) is 4.78. The minimum absolute atomic E-state index is 0.0234. The molecule has 46 heavy (non-hydrogen) atoms. The third-order valence-corrected chi connectivity index (χ3v) is 7.26. The van der Waals surface area contributed by atoms with Crippen molar-refractivity contribution >= 4 is 45.6 Å². The lowest BCUT2D eigenvalue weighted by atomic mass is 10.0. The number of carbonyl (C=O) groups excluding carboxylic acids is 4. The van der Waals surface area contributed by atoms with Crippen LogP contribution >= 0.6 is 0 Å². The number of fused-ring (bicyclic) bond motifs is 1. The highest BCUT2D eigenvalue weighted by atomic mass is 16.5. The van der Waals surface area contributed by atoms with Crippen molar-refractivity contribution in [2.24, 2.45) is 5.92 Å². The van der Waals surface area contributed by atoms with Crippen LogP contribution in [-0.2, 0) is 20.8 Å². The number of nitriles is 1. The minimum atomic E-state index is -1.56. The molecule has 1 unspecified atom stereocenters. The Kier molecular flexibility index (Phi) is 10.6. The first kappa shape index (κ1) is 33.0. The van der Waals surface area contributed by atoms with Crippen molar-refractivity contribution in [2.45, 2.75) is 20.3 Å². The maximum atomic E-state index is 13.7. The Hall–Kier alpha value is -5.89. The molecule has 11 nitrogen and oxygen atoms in total. The predicted molar refractivity (Wildman–Crippen MR) is 171 cm³/mol. The SMILES string of the molecule is COc1ccc(CCNC(=O)C=C(C)c2ccc(C(=O)c3oc4c(OC)cccc4c3NC(=O)C(C#N)C(C)=O)cc2)cc1OC. The van der Waals surface area contributed by atoms with Crippen LogP contribution < -0.4 is 24.8 Å². The van der Waals surface area contributed by atoms with E-state index >= 15 is 0 Å². The highest BCUT2D eigenvalue weighted by Crippen LogP contribution is 2.38. The molecule has 4 rings (SSSR count). The molecule has 2 N–H and O–H groups in total. The number of carbonyl (C=O) groups is 4. The number of para-hydroxylation sites is 1. The summed E-state index contributed by atoms with van der Waals surface area (Å²) in [6.45, 7) is 3.33. The number of furan rings is 1. The Morgan fingerprint density at radius 2 is 1.57 bits per heavy atom. The number of Topliss-reactive ketones (excluding diaryl/α,β-unsaturated/α-hetero) is 1. The zero-order chi connectivity index (χ0) is 33.4. The van der Waals surface area contributed by atoms with Gasteiger partial charge in [0.2, 0.25) is 17.6 Å². The fourth-order valence-corrected chi connectivity index (χ4v) is 4.78. The van der Waals surface area contributed by atoms with Crippen molar-refractivity contribution < 1.29 is 37.8 Å². The number of methoxy groups -OCH3 is 3. The molecule has 0 radical (unpaired) electrons. The summed E-state index contributed by atoms with van der Waals surface area (Å²) < 4.78 is 21.8. The first-order valence-corrected chi connectivity index (χ1v) is 14.2. The summed E-state index contributed by atoms with van der Waals surface area (Å²) in [6, 6.07) is 18.7. The van der Waals surface area contributed by atoms with E-state index in [1.807, 2.05) is 18.2 Å². The molecule has 0 spiro atoms. The topological polar surface area (TPSA) is 157 Å². The second-order valence-corrected chi connectivity index (χ2v) is 10.3. The zero-order valence-electron chi connectivity index (χ0n) is 26.1. The van der Waals surface area contributed by atoms with E-state index in [4.69, 9.17) is 18.6 Å². The van der Waals surface area contributed by atoms with Crippen LogP contribution in [0.4, 0.5) is 5.69 Å². The van der Waals surface area contributed by atoms with E-state index in [1.165, 1.54) is 13.2 Å². The van der Waals surface area contributed by atoms with Crippen LogP contribution in [0.15, 0.2) is 71.2 Å². The van der Waals surface area contributed by atoms with E-state index in [0.29, 0.717) is 46.7 Å². The van der Waals surface area contributed by atoms with Crippen molar-refractivity contribution in [3.63, 3.8) is 0 Å². The third-order valence-electron chi connectivity index (χ3n) is 7.26. The van der Waals surface area contributed by atoms with Crippen LogP contribution in [0, 0.1) is 17.2 Å². The lowest BCUT2D eigenvalue weighted by Crippen LogP contribution is -2.27. The van der Waals surface area contributed by atoms with E-state index in [1.54, 1.807) is 69.7 Å². The van der Waals surface area contributed by atoms with Gasteiger partial charge < -0.3 is 29.3 Å². The van der Waals surface area contributed by atoms with E-state index in [2.05, 4.69) is 10.6 Å². The Morgan fingerprint density at radius 3 is 2.20 bits per heavy atom. The van der Waals surface area contributed by atoms with E-state index in [0.717, 1.165) is 12.5 Å². The molecule has 0 fully saturated rings. The van der Waals surface area contributed by atoms with Crippen LogP contribution in [0.5, 0.6) is 17.2 Å². The number of allylic oxidation sites excluding steroid dienone is 1. The summed E-state index contributed by atoms with van der Waals surface area (Å²) in [6.07, 6.45) is 2.07. The van der Waals surface area contributed by atoms with Crippen molar-refractivity contribution in [1.82, 2.24) is 5.32 Å². The molecule has 0 bridgehead atoms. The van der Waals surface area contributed by atoms with Gasteiger partial charge in [0, 0.05) is 23.6 Å². The number of nitrogens with one attached hydrogen (secondary N) is 2. The second kappa shape index (κ2) is 14.7. The highest BCUT2D eigenvalue weighted by Gasteiger charge is 2.29. The number of rotatable bonds is 13. The van der Waals surface area contributed by atoms with Gasteiger partial charge in [-0.05, 0) is 61.2 Å². The van der Waals surface area contributed by atoms with Gasteiger partial charge in [0.05, 0.1) is 33.1 Å². The monoisotopic (exact) mass is 623 g/mol. The summed E-state index contributed by atoms with van der Waals surface area (Å²) in [7, 11) is 4.57. The summed E-state index contributed by atoms with van der Waals surface area (Å²) in [4.78, 5) is 50.9. The summed E-state index contributed by atoms with van der Waals surface area (Å²) >= 11 is 0. The average Bonchev–Trinajstić information content (AvgIpc) is 3.42. The molecule has 0 aliphatic carbocycles. The second-order valence-electron chi connectivity index (χ2n) is 10.3. The van der Waals surface area contributed by atoms with Crippen molar-refractivity contribution in [3.05, 3.63) is 89.2 Å². The number of benzene rings is 3. The molecular formula is C35H33N3O8. The Balaban J connectivity index is 1.50. The molecule has 4 aromatic rings. The Morgan fingerprint density at radius 1 is 0.891 bits per heavy atom. The highest BCUT2D eigenvalue weighted by molar-refractivity contribution is 6.19. The maximum absolute atomic E-state index is 13.7. The molecular weight excluding hydrogens is 590 g/mol. The number of hydrogen-bond acceptors (Lipinski definition) is 9. The number of ketones is 2. The molecule has 2 amide bonds. The molecule has 236 valence electrons. The van der Waals surface area contributed by atoms with Gasteiger partial charge >= 0.3 is 0 Å². The predicted octanol–water partition coefficient (Wildman–Crippen LogP) is 5.12. The molecule has 0 aliphatic heterocycles. The van der Waals surface area contributed by atoms with Crippen LogP contribution in [0.1, 0.15) is 41.1 Å². The smallest absolute Gasteiger partial charge is 0.249 e. The molecule has 0 saturated carbocycles. The quantitative estimate of drug-likeness (QED) is 0.117. The Labute approximate surface area is 265 Å². The number of anilines is 1. The van der Waals surface area contributed by atoms with Crippen LogP contribution in [0.2, 0.25) is 0 Å². The molecule has 0 aliphatic rings.